The summed E-state index contributed by atoms with van der Waals surface area (Å²) in [6, 6.07) is 7.43. The van der Waals surface area contributed by atoms with E-state index in [9.17, 15) is 14.4 Å². The van der Waals surface area contributed by atoms with Gasteiger partial charge in [-0.05, 0) is 50.2 Å². The second-order valence-corrected chi connectivity index (χ2v) is 7.32. The predicted molar refractivity (Wildman–Crippen MR) is 91.7 cm³/mol. The second-order valence-electron chi connectivity index (χ2n) is 7.32. The van der Waals surface area contributed by atoms with Crippen molar-refractivity contribution in [1.82, 2.24) is 15.1 Å². The van der Waals surface area contributed by atoms with Gasteiger partial charge in [0.05, 0.1) is 0 Å². The van der Waals surface area contributed by atoms with Crippen molar-refractivity contribution in [2.45, 2.75) is 50.6 Å². The lowest BCUT2D eigenvalue weighted by Crippen LogP contribution is -2.48. The minimum atomic E-state index is -0.985. The third kappa shape index (κ3) is 2.42. The average Bonchev–Trinajstić information content (AvgIpc) is 3.09. The molecule has 1 aromatic rings. The summed E-state index contributed by atoms with van der Waals surface area (Å²) >= 11 is 0. The van der Waals surface area contributed by atoms with Gasteiger partial charge in [0, 0.05) is 12.6 Å². The molecule has 1 N–H and O–H groups in total. The minimum absolute atomic E-state index is 0.140. The first kappa shape index (κ1) is 16.1. The van der Waals surface area contributed by atoms with Crippen molar-refractivity contribution in [2.75, 3.05) is 13.1 Å². The van der Waals surface area contributed by atoms with Crippen molar-refractivity contribution in [3.63, 3.8) is 0 Å². The van der Waals surface area contributed by atoms with Crippen molar-refractivity contribution < 1.29 is 14.4 Å². The summed E-state index contributed by atoms with van der Waals surface area (Å²) in [5.74, 6) is -0.431. The van der Waals surface area contributed by atoms with Crippen molar-refractivity contribution in [3.8, 4) is 0 Å². The summed E-state index contributed by atoms with van der Waals surface area (Å²) in [4.78, 5) is 41.1. The van der Waals surface area contributed by atoms with E-state index < -0.39 is 11.6 Å². The third-order valence-corrected chi connectivity index (χ3v) is 5.84. The largest absolute Gasteiger partial charge is 0.338 e. The van der Waals surface area contributed by atoms with Crippen LogP contribution in [-0.2, 0) is 21.5 Å². The first-order valence-corrected chi connectivity index (χ1v) is 9.05. The molecule has 2 aliphatic heterocycles. The Hall–Kier alpha value is -2.37. The Bertz CT molecular complexity index is 747. The summed E-state index contributed by atoms with van der Waals surface area (Å²) < 4.78 is 0. The molecule has 0 saturated carbocycles. The number of rotatable bonds is 2. The number of amides is 4. The Morgan fingerprint density at radius 3 is 2.88 bits per heavy atom. The highest BCUT2D eigenvalue weighted by molar-refractivity contribution is 6.09. The fourth-order valence-electron chi connectivity index (χ4n) is 4.43. The number of piperidine rings is 1. The van der Waals surface area contributed by atoms with Gasteiger partial charge in [-0.1, -0.05) is 24.3 Å². The monoisotopic (exact) mass is 341 g/mol. The smallest absolute Gasteiger partial charge is 0.325 e. The molecule has 6 heteroatoms. The lowest BCUT2D eigenvalue weighted by atomic mass is 9.92. The van der Waals surface area contributed by atoms with Crippen molar-refractivity contribution in [2.24, 2.45) is 0 Å². The molecule has 3 aliphatic rings. The molecule has 1 aromatic carbocycles. The quantitative estimate of drug-likeness (QED) is 0.834. The number of fused-ring (bicyclic) bond motifs is 2. The van der Waals surface area contributed by atoms with Crippen LogP contribution < -0.4 is 5.32 Å². The molecule has 0 radical (unpaired) electrons. The number of benzene rings is 1. The first-order chi connectivity index (χ1) is 12.0. The molecule has 0 aromatic heterocycles. The van der Waals surface area contributed by atoms with Crippen LogP contribution in [0.3, 0.4) is 0 Å². The summed E-state index contributed by atoms with van der Waals surface area (Å²) in [5, 5.41) is 2.87. The molecular formula is C19H23N3O3. The van der Waals surface area contributed by atoms with Crippen molar-refractivity contribution >= 4 is 17.8 Å². The topological polar surface area (TPSA) is 69.7 Å². The van der Waals surface area contributed by atoms with E-state index >= 15 is 0 Å². The molecule has 2 heterocycles. The molecule has 2 fully saturated rings. The van der Waals surface area contributed by atoms with E-state index in [4.69, 9.17) is 0 Å². The normalized spacial score (nSPS) is 28.4. The van der Waals surface area contributed by atoms with Crippen LogP contribution in [0.2, 0.25) is 0 Å². The number of hydrogen-bond donors (Lipinski definition) is 1. The Morgan fingerprint density at radius 1 is 1.28 bits per heavy atom. The maximum absolute atomic E-state index is 13.1. The molecule has 1 spiro atoms. The fraction of sp³-hybridized carbons (Fsp3) is 0.526. The Kier molecular flexibility index (Phi) is 3.78. The summed E-state index contributed by atoms with van der Waals surface area (Å²) in [7, 11) is 0. The van der Waals surface area contributed by atoms with Crippen LogP contribution in [0.4, 0.5) is 4.79 Å². The Balaban J connectivity index is 1.56. The van der Waals surface area contributed by atoms with E-state index in [1.807, 2.05) is 31.2 Å². The van der Waals surface area contributed by atoms with E-state index in [1.165, 1.54) is 0 Å². The van der Waals surface area contributed by atoms with Gasteiger partial charge in [-0.25, -0.2) is 4.79 Å². The van der Waals surface area contributed by atoms with Gasteiger partial charge in [-0.15, -0.1) is 0 Å². The second kappa shape index (κ2) is 5.86. The van der Waals surface area contributed by atoms with Crippen LogP contribution >= 0.6 is 0 Å². The molecule has 6 nitrogen and oxygen atoms in total. The van der Waals surface area contributed by atoms with Crippen molar-refractivity contribution in [3.05, 3.63) is 35.4 Å². The van der Waals surface area contributed by atoms with Crippen LogP contribution in [0.5, 0.6) is 0 Å². The van der Waals surface area contributed by atoms with E-state index in [0.717, 1.165) is 41.7 Å². The van der Waals surface area contributed by atoms with E-state index in [-0.39, 0.29) is 24.4 Å². The number of carbonyl (C=O) groups excluding carboxylic acids is 3. The van der Waals surface area contributed by atoms with Gasteiger partial charge in [-0.2, -0.15) is 0 Å². The lowest BCUT2D eigenvalue weighted by Gasteiger charge is -2.34. The molecule has 2 unspecified atom stereocenters. The van der Waals surface area contributed by atoms with Crippen molar-refractivity contribution in [1.29, 1.82) is 0 Å². The summed E-state index contributed by atoms with van der Waals surface area (Å²) in [6.45, 7) is 2.56. The maximum Gasteiger partial charge on any atom is 0.325 e. The average molecular weight is 341 g/mol. The number of hydrogen-bond acceptors (Lipinski definition) is 3. The zero-order valence-electron chi connectivity index (χ0n) is 14.5. The minimum Gasteiger partial charge on any atom is -0.338 e. The number of likely N-dealkylation sites (tertiary alicyclic amines) is 1. The van der Waals surface area contributed by atoms with E-state index in [1.54, 1.807) is 4.90 Å². The van der Waals surface area contributed by atoms with E-state index in [0.29, 0.717) is 13.0 Å². The standard InChI is InChI=1S/C19H23N3O3/c1-13-6-4-5-11-21(13)16(23)12-22-17(24)19(20-18(22)25)10-9-14-7-2-3-8-15(14)19/h2-3,7-8,13H,4-6,9-12H2,1H3,(H,20,25). The molecule has 1 aliphatic carbocycles. The highest BCUT2D eigenvalue weighted by Gasteiger charge is 2.55. The highest BCUT2D eigenvalue weighted by atomic mass is 16.2. The van der Waals surface area contributed by atoms with Gasteiger partial charge in [0.15, 0.2) is 0 Å². The molecule has 132 valence electrons. The molecule has 4 rings (SSSR count). The van der Waals surface area contributed by atoms with Gasteiger partial charge in [0.2, 0.25) is 5.91 Å². The van der Waals surface area contributed by atoms with E-state index in [2.05, 4.69) is 5.32 Å². The summed E-state index contributed by atoms with van der Waals surface area (Å²) in [6.07, 6.45) is 4.39. The van der Waals surface area contributed by atoms with Crippen LogP contribution in [0.1, 0.15) is 43.7 Å². The van der Waals surface area contributed by atoms with Gasteiger partial charge < -0.3 is 10.2 Å². The lowest BCUT2D eigenvalue weighted by molar-refractivity contribution is -0.141. The highest BCUT2D eigenvalue weighted by Crippen LogP contribution is 2.41. The zero-order valence-corrected chi connectivity index (χ0v) is 14.5. The number of aryl methyl sites for hydroxylation is 1. The molecular weight excluding hydrogens is 318 g/mol. The predicted octanol–water partition coefficient (Wildman–Crippen LogP) is 1.78. The van der Waals surface area contributed by atoms with Gasteiger partial charge in [0.1, 0.15) is 12.1 Å². The molecule has 0 bridgehead atoms. The van der Waals surface area contributed by atoms with Gasteiger partial charge in [-0.3, -0.25) is 14.5 Å². The molecule has 2 atom stereocenters. The molecule has 25 heavy (non-hydrogen) atoms. The van der Waals surface area contributed by atoms with Gasteiger partial charge >= 0.3 is 6.03 Å². The van der Waals surface area contributed by atoms with Gasteiger partial charge in [0.25, 0.3) is 5.91 Å². The Morgan fingerprint density at radius 2 is 2.08 bits per heavy atom. The third-order valence-electron chi connectivity index (χ3n) is 5.84. The Labute approximate surface area is 147 Å². The number of urea groups is 1. The fourth-order valence-corrected chi connectivity index (χ4v) is 4.43. The van der Waals surface area contributed by atoms with Crippen LogP contribution in [0.25, 0.3) is 0 Å². The van der Waals surface area contributed by atoms with Crippen LogP contribution in [0.15, 0.2) is 24.3 Å². The first-order valence-electron chi connectivity index (χ1n) is 9.05. The molecule has 2 saturated heterocycles. The van der Waals surface area contributed by atoms with Crippen LogP contribution in [0, 0.1) is 0 Å². The summed E-state index contributed by atoms with van der Waals surface area (Å²) in [5.41, 5.74) is 0.977. The number of nitrogens with one attached hydrogen (secondary N) is 1. The number of imide groups is 1. The van der Waals surface area contributed by atoms with Crippen LogP contribution in [-0.4, -0.2) is 46.8 Å². The zero-order chi connectivity index (χ0) is 17.6. The SMILES string of the molecule is CC1CCCCN1C(=O)CN1C(=O)NC2(CCc3ccccc32)C1=O. The molecule has 4 amide bonds. The number of carbonyl (C=O) groups is 3. The maximum atomic E-state index is 13.1. The number of nitrogens with zero attached hydrogens (tertiary/aromatic N) is 2.